The summed E-state index contributed by atoms with van der Waals surface area (Å²) in [5.74, 6) is 0.277. The van der Waals surface area contributed by atoms with E-state index in [1.54, 1.807) is 30.7 Å². The van der Waals surface area contributed by atoms with Crippen LogP contribution in [0.4, 0.5) is 5.13 Å². The van der Waals surface area contributed by atoms with Crippen molar-refractivity contribution in [2.45, 2.75) is 0 Å². The summed E-state index contributed by atoms with van der Waals surface area (Å²) in [6.07, 6.45) is 3.26. The second-order valence-corrected chi connectivity index (χ2v) is 5.71. The Hall–Kier alpha value is -3.26. The van der Waals surface area contributed by atoms with Gasteiger partial charge in [0.15, 0.2) is 16.6 Å². The van der Waals surface area contributed by atoms with Gasteiger partial charge in [0.25, 0.3) is 5.91 Å². The zero-order valence-electron chi connectivity index (χ0n) is 12.3. The first-order chi connectivity index (χ1) is 11.8. The lowest BCUT2D eigenvalue weighted by Crippen LogP contribution is -2.12. The van der Waals surface area contributed by atoms with Gasteiger partial charge in [-0.3, -0.25) is 20.2 Å². The van der Waals surface area contributed by atoms with Crippen molar-refractivity contribution in [2.75, 3.05) is 5.32 Å². The van der Waals surface area contributed by atoms with Crippen LogP contribution in [0.15, 0.2) is 58.7 Å². The number of H-pyrrole nitrogens is 1. The third-order valence-electron chi connectivity index (χ3n) is 3.25. The molecule has 4 heterocycles. The highest BCUT2D eigenvalue weighted by Gasteiger charge is 2.15. The Morgan fingerprint density at radius 1 is 1.21 bits per heavy atom. The Labute approximate surface area is 140 Å². The van der Waals surface area contributed by atoms with Crippen LogP contribution in [-0.4, -0.2) is 26.1 Å². The first-order valence-electron chi connectivity index (χ1n) is 7.07. The normalized spacial score (nSPS) is 10.7. The van der Waals surface area contributed by atoms with Crippen LogP contribution in [0.1, 0.15) is 10.5 Å². The van der Waals surface area contributed by atoms with Crippen molar-refractivity contribution in [2.24, 2.45) is 0 Å². The Morgan fingerprint density at radius 2 is 2.17 bits per heavy atom. The van der Waals surface area contributed by atoms with Crippen LogP contribution >= 0.6 is 11.3 Å². The SMILES string of the molecule is O=C(Nc1nc(-c2ccccn2)cs1)c1cc(-c2ccco2)[nH]n1. The molecule has 0 saturated carbocycles. The Morgan fingerprint density at radius 3 is 2.96 bits per heavy atom. The van der Waals surface area contributed by atoms with Gasteiger partial charge >= 0.3 is 0 Å². The van der Waals surface area contributed by atoms with Gasteiger partial charge in [0.05, 0.1) is 12.0 Å². The summed E-state index contributed by atoms with van der Waals surface area (Å²) in [6, 6.07) is 10.8. The van der Waals surface area contributed by atoms with E-state index in [2.05, 4.69) is 25.5 Å². The maximum absolute atomic E-state index is 12.3. The van der Waals surface area contributed by atoms with Crippen LogP contribution in [-0.2, 0) is 0 Å². The molecule has 0 fully saturated rings. The number of nitrogens with zero attached hydrogens (tertiary/aromatic N) is 3. The molecule has 4 rings (SSSR count). The van der Waals surface area contributed by atoms with Crippen LogP contribution in [0.3, 0.4) is 0 Å². The number of pyridine rings is 1. The summed E-state index contributed by atoms with van der Waals surface area (Å²) >= 11 is 1.33. The number of furan rings is 1. The quantitative estimate of drug-likeness (QED) is 0.594. The van der Waals surface area contributed by atoms with Crippen molar-refractivity contribution in [3.8, 4) is 22.8 Å². The van der Waals surface area contributed by atoms with E-state index in [0.717, 1.165) is 5.69 Å². The van der Waals surface area contributed by atoms with Crippen LogP contribution in [0.2, 0.25) is 0 Å². The number of rotatable bonds is 4. The Balaban J connectivity index is 1.50. The molecule has 0 radical (unpaired) electrons. The summed E-state index contributed by atoms with van der Waals surface area (Å²) < 4.78 is 5.26. The summed E-state index contributed by atoms with van der Waals surface area (Å²) in [7, 11) is 0. The second kappa shape index (κ2) is 6.09. The fraction of sp³-hybridized carbons (Fsp3) is 0. The van der Waals surface area contributed by atoms with Gasteiger partial charge in [-0.05, 0) is 24.3 Å². The summed E-state index contributed by atoms with van der Waals surface area (Å²) in [5, 5.41) is 11.8. The van der Waals surface area contributed by atoms with E-state index in [-0.39, 0.29) is 11.6 Å². The topological polar surface area (TPSA) is 96.7 Å². The van der Waals surface area contributed by atoms with Crippen molar-refractivity contribution >= 4 is 22.4 Å². The second-order valence-electron chi connectivity index (χ2n) is 4.85. The molecule has 0 aromatic carbocycles. The van der Waals surface area contributed by atoms with E-state index >= 15 is 0 Å². The van der Waals surface area contributed by atoms with Gasteiger partial charge in [-0.2, -0.15) is 5.10 Å². The van der Waals surface area contributed by atoms with E-state index in [0.29, 0.717) is 22.3 Å². The molecule has 0 aliphatic heterocycles. The van der Waals surface area contributed by atoms with Crippen LogP contribution in [0.25, 0.3) is 22.8 Å². The largest absolute Gasteiger partial charge is 0.463 e. The predicted molar refractivity (Wildman–Crippen MR) is 89.6 cm³/mol. The van der Waals surface area contributed by atoms with Gasteiger partial charge < -0.3 is 4.42 Å². The molecular weight excluding hydrogens is 326 g/mol. The predicted octanol–water partition coefficient (Wildman–Crippen LogP) is 3.44. The van der Waals surface area contributed by atoms with E-state index in [1.807, 2.05) is 23.6 Å². The standard InChI is InChI=1S/C16H11N5O2S/c22-15(12-8-11(20-21-12)14-5-3-7-23-14)19-16-18-13(9-24-16)10-4-1-2-6-17-10/h1-9H,(H,20,21)(H,18,19,22). The molecule has 24 heavy (non-hydrogen) atoms. The van der Waals surface area contributed by atoms with E-state index < -0.39 is 0 Å². The minimum absolute atomic E-state index is 0.260. The third kappa shape index (κ3) is 2.82. The summed E-state index contributed by atoms with van der Waals surface area (Å²) in [4.78, 5) is 20.9. The number of anilines is 1. The molecule has 0 saturated heterocycles. The monoisotopic (exact) mass is 337 g/mol. The van der Waals surface area contributed by atoms with Crippen molar-refractivity contribution in [3.05, 3.63) is 59.9 Å². The van der Waals surface area contributed by atoms with E-state index in [1.165, 1.54) is 11.3 Å². The van der Waals surface area contributed by atoms with Gasteiger partial charge in [-0.1, -0.05) is 6.07 Å². The molecule has 0 unspecified atom stereocenters. The van der Waals surface area contributed by atoms with Gasteiger partial charge in [0.1, 0.15) is 11.4 Å². The van der Waals surface area contributed by atoms with Crippen molar-refractivity contribution < 1.29 is 9.21 Å². The first kappa shape index (κ1) is 14.3. The van der Waals surface area contributed by atoms with Gasteiger partial charge in [-0.25, -0.2) is 4.98 Å². The average molecular weight is 337 g/mol. The Bertz CT molecular complexity index is 959. The molecule has 1 amide bonds. The number of nitrogens with one attached hydrogen (secondary N) is 2. The summed E-state index contributed by atoms with van der Waals surface area (Å²) in [6.45, 7) is 0. The maximum Gasteiger partial charge on any atom is 0.277 e. The molecule has 4 aromatic rings. The minimum atomic E-state index is -0.342. The van der Waals surface area contributed by atoms with Gasteiger partial charge in [0.2, 0.25) is 0 Å². The molecule has 0 bridgehead atoms. The molecule has 7 nitrogen and oxygen atoms in total. The first-order valence-corrected chi connectivity index (χ1v) is 7.95. The Kier molecular flexibility index (Phi) is 3.64. The molecule has 0 atom stereocenters. The molecule has 4 aromatic heterocycles. The highest BCUT2D eigenvalue weighted by atomic mass is 32.1. The van der Waals surface area contributed by atoms with Crippen molar-refractivity contribution in [1.82, 2.24) is 20.2 Å². The number of thiazole rings is 1. The molecule has 2 N–H and O–H groups in total. The van der Waals surface area contributed by atoms with Gasteiger partial charge in [-0.15, -0.1) is 11.3 Å². The summed E-state index contributed by atoms with van der Waals surface area (Å²) in [5.41, 5.74) is 2.37. The smallest absolute Gasteiger partial charge is 0.277 e. The van der Waals surface area contributed by atoms with Crippen LogP contribution in [0, 0.1) is 0 Å². The van der Waals surface area contributed by atoms with E-state index in [4.69, 9.17) is 4.42 Å². The lowest BCUT2D eigenvalue weighted by Gasteiger charge is -1.97. The molecule has 0 aliphatic carbocycles. The number of carbonyl (C=O) groups is 1. The van der Waals surface area contributed by atoms with Crippen LogP contribution in [0.5, 0.6) is 0 Å². The third-order valence-corrected chi connectivity index (χ3v) is 4.01. The van der Waals surface area contributed by atoms with Gasteiger partial charge in [0, 0.05) is 17.6 Å². The van der Waals surface area contributed by atoms with E-state index in [9.17, 15) is 4.79 Å². The lowest BCUT2D eigenvalue weighted by molar-refractivity contribution is 0.102. The molecule has 118 valence electrons. The lowest BCUT2D eigenvalue weighted by atomic mass is 10.3. The minimum Gasteiger partial charge on any atom is -0.463 e. The average Bonchev–Trinajstić information content (AvgIpc) is 3.36. The van der Waals surface area contributed by atoms with Crippen molar-refractivity contribution in [3.63, 3.8) is 0 Å². The number of hydrogen-bond acceptors (Lipinski definition) is 6. The number of hydrogen-bond donors (Lipinski definition) is 2. The van der Waals surface area contributed by atoms with Crippen molar-refractivity contribution in [1.29, 1.82) is 0 Å². The highest BCUT2D eigenvalue weighted by Crippen LogP contribution is 2.24. The molecule has 0 aliphatic rings. The zero-order chi connectivity index (χ0) is 16.4. The maximum atomic E-state index is 12.3. The fourth-order valence-electron chi connectivity index (χ4n) is 2.12. The number of amides is 1. The fourth-order valence-corrected chi connectivity index (χ4v) is 2.82. The number of aromatic amines is 1. The number of carbonyl (C=O) groups excluding carboxylic acids is 1. The zero-order valence-corrected chi connectivity index (χ0v) is 13.1. The molecule has 8 heteroatoms. The number of aromatic nitrogens is 4. The molecular formula is C16H11N5O2S. The molecule has 0 spiro atoms. The van der Waals surface area contributed by atoms with Crippen LogP contribution < -0.4 is 5.32 Å². The highest BCUT2D eigenvalue weighted by molar-refractivity contribution is 7.14.